The van der Waals surface area contributed by atoms with Gasteiger partial charge in [0.1, 0.15) is 0 Å². The van der Waals surface area contributed by atoms with E-state index in [1.54, 1.807) is 5.57 Å². The smallest absolute Gasteiger partial charge is 0.0136 e. The number of allylic oxidation sites excluding steroid dienone is 2. The van der Waals surface area contributed by atoms with Gasteiger partial charge in [0.05, 0.1) is 0 Å². The molecule has 58 valence electrons. The van der Waals surface area contributed by atoms with Crippen LogP contribution in [-0.2, 0) is 0 Å². The third-order valence-corrected chi connectivity index (χ3v) is 1.61. The Balaban J connectivity index is 0.000000112. The Hall–Kier alpha value is -1.04. The van der Waals surface area contributed by atoms with E-state index in [1.807, 2.05) is 36.4 Å². The molecule has 0 amide bonds. The highest BCUT2D eigenvalue weighted by Gasteiger charge is 2.00. The SMILES string of the molecule is CCC1=CC1.c1ccccc1. The largest absolute Gasteiger partial charge is 0.0810 e. The third-order valence-electron chi connectivity index (χ3n) is 1.61. The summed E-state index contributed by atoms with van der Waals surface area (Å²) in [7, 11) is 0. The van der Waals surface area contributed by atoms with E-state index in [0.717, 1.165) is 0 Å². The maximum absolute atomic E-state index is 2.26. The van der Waals surface area contributed by atoms with Gasteiger partial charge in [-0.25, -0.2) is 0 Å². The topological polar surface area (TPSA) is 0 Å². The first-order valence-electron chi connectivity index (χ1n) is 4.11. The Labute approximate surface area is 68.6 Å². The zero-order valence-electron chi connectivity index (χ0n) is 6.96. The fourth-order valence-electron chi connectivity index (χ4n) is 0.746. The molecule has 0 saturated heterocycles. The van der Waals surface area contributed by atoms with Crippen LogP contribution in [0, 0.1) is 0 Å². The molecule has 1 aliphatic rings. The summed E-state index contributed by atoms with van der Waals surface area (Å²) in [6, 6.07) is 12.0. The lowest BCUT2D eigenvalue weighted by molar-refractivity contribution is 1.15. The Morgan fingerprint density at radius 3 is 1.45 bits per heavy atom. The Bertz CT molecular complexity index is 182. The van der Waals surface area contributed by atoms with Crippen molar-refractivity contribution in [1.82, 2.24) is 0 Å². The molecule has 1 aliphatic carbocycles. The molecule has 0 aliphatic heterocycles. The molecule has 0 saturated carbocycles. The number of rotatable bonds is 1. The second kappa shape index (κ2) is 4.73. The van der Waals surface area contributed by atoms with Crippen LogP contribution in [-0.4, -0.2) is 0 Å². The molecular formula is C11H14. The molecule has 0 spiro atoms. The lowest BCUT2D eigenvalue weighted by Crippen LogP contribution is -1.47. The van der Waals surface area contributed by atoms with Gasteiger partial charge in [-0.3, -0.25) is 0 Å². The predicted molar refractivity (Wildman–Crippen MR) is 49.4 cm³/mol. The normalized spacial score (nSPS) is 12.6. The lowest BCUT2D eigenvalue weighted by atomic mass is 10.4. The van der Waals surface area contributed by atoms with Gasteiger partial charge in [-0.05, 0) is 12.8 Å². The second-order valence-corrected chi connectivity index (χ2v) is 2.57. The molecule has 0 heteroatoms. The molecule has 0 atom stereocenters. The summed E-state index contributed by atoms with van der Waals surface area (Å²) >= 11 is 0. The standard InChI is InChI=1S/C6H6.C5H8/c1-2-4-6-5-3-1;1-2-5-3-4-5/h1-6H;3H,2,4H2,1H3. The summed E-state index contributed by atoms with van der Waals surface area (Å²) in [4.78, 5) is 0. The van der Waals surface area contributed by atoms with Gasteiger partial charge in [0.25, 0.3) is 0 Å². The minimum Gasteiger partial charge on any atom is -0.0810 e. The van der Waals surface area contributed by atoms with Crippen molar-refractivity contribution in [2.45, 2.75) is 19.8 Å². The monoisotopic (exact) mass is 146 g/mol. The molecule has 0 N–H and O–H groups in total. The van der Waals surface area contributed by atoms with E-state index in [1.165, 1.54) is 12.8 Å². The van der Waals surface area contributed by atoms with Crippen molar-refractivity contribution >= 4 is 0 Å². The number of hydrogen-bond donors (Lipinski definition) is 0. The molecule has 2 rings (SSSR count). The van der Waals surface area contributed by atoms with Crippen LogP contribution in [0.5, 0.6) is 0 Å². The summed E-state index contributed by atoms with van der Waals surface area (Å²) in [5.41, 5.74) is 1.63. The maximum atomic E-state index is 2.26. The summed E-state index contributed by atoms with van der Waals surface area (Å²) in [6.45, 7) is 2.19. The van der Waals surface area contributed by atoms with Crippen LogP contribution in [0.25, 0.3) is 0 Å². The fourth-order valence-corrected chi connectivity index (χ4v) is 0.746. The molecule has 0 heterocycles. The van der Waals surface area contributed by atoms with Gasteiger partial charge < -0.3 is 0 Å². The fraction of sp³-hybridized carbons (Fsp3) is 0.273. The average molecular weight is 146 g/mol. The van der Waals surface area contributed by atoms with Crippen molar-refractivity contribution in [3.05, 3.63) is 48.0 Å². The number of benzene rings is 1. The molecule has 0 unspecified atom stereocenters. The highest BCUT2D eigenvalue weighted by Crippen LogP contribution is 2.20. The van der Waals surface area contributed by atoms with Gasteiger partial charge in [0, 0.05) is 0 Å². The van der Waals surface area contributed by atoms with Crippen LogP contribution in [0.1, 0.15) is 19.8 Å². The Morgan fingerprint density at radius 2 is 1.36 bits per heavy atom. The average Bonchev–Trinajstić information content (AvgIpc) is 2.91. The first kappa shape index (κ1) is 8.06. The first-order valence-corrected chi connectivity index (χ1v) is 4.11. The van der Waals surface area contributed by atoms with Gasteiger partial charge in [-0.1, -0.05) is 55.0 Å². The van der Waals surface area contributed by atoms with Crippen LogP contribution >= 0.6 is 0 Å². The van der Waals surface area contributed by atoms with Crippen molar-refractivity contribution in [3.8, 4) is 0 Å². The van der Waals surface area contributed by atoms with Crippen LogP contribution in [0.15, 0.2) is 48.0 Å². The van der Waals surface area contributed by atoms with Crippen molar-refractivity contribution in [2.75, 3.05) is 0 Å². The molecule has 0 fully saturated rings. The number of hydrogen-bond acceptors (Lipinski definition) is 0. The van der Waals surface area contributed by atoms with Crippen molar-refractivity contribution < 1.29 is 0 Å². The van der Waals surface area contributed by atoms with E-state index in [0.29, 0.717) is 0 Å². The maximum Gasteiger partial charge on any atom is -0.0136 e. The molecule has 1 aromatic carbocycles. The zero-order chi connectivity index (χ0) is 7.94. The van der Waals surface area contributed by atoms with Crippen molar-refractivity contribution in [1.29, 1.82) is 0 Å². The third kappa shape index (κ3) is 4.38. The molecule has 1 aromatic rings. The van der Waals surface area contributed by atoms with Gasteiger partial charge in [-0.2, -0.15) is 0 Å². The first-order chi connectivity index (χ1) is 5.43. The van der Waals surface area contributed by atoms with Crippen LogP contribution < -0.4 is 0 Å². The van der Waals surface area contributed by atoms with E-state index in [9.17, 15) is 0 Å². The van der Waals surface area contributed by atoms with Gasteiger partial charge >= 0.3 is 0 Å². The molecule has 0 nitrogen and oxygen atoms in total. The van der Waals surface area contributed by atoms with Crippen LogP contribution in [0.3, 0.4) is 0 Å². The highest BCUT2D eigenvalue weighted by atomic mass is 14.1. The summed E-state index contributed by atoms with van der Waals surface area (Å²) in [5.74, 6) is 0. The van der Waals surface area contributed by atoms with Gasteiger partial charge in [0.2, 0.25) is 0 Å². The molecular weight excluding hydrogens is 132 g/mol. The molecule has 0 aromatic heterocycles. The minimum absolute atomic E-state index is 1.28. The molecule has 11 heavy (non-hydrogen) atoms. The van der Waals surface area contributed by atoms with Gasteiger partial charge in [-0.15, -0.1) is 0 Å². The summed E-state index contributed by atoms with van der Waals surface area (Å²) < 4.78 is 0. The van der Waals surface area contributed by atoms with E-state index in [4.69, 9.17) is 0 Å². The zero-order valence-corrected chi connectivity index (χ0v) is 6.96. The van der Waals surface area contributed by atoms with Crippen LogP contribution in [0.4, 0.5) is 0 Å². The van der Waals surface area contributed by atoms with E-state index < -0.39 is 0 Å². The van der Waals surface area contributed by atoms with Gasteiger partial charge in [0.15, 0.2) is 0 Å². The van der Waals surface area contributed by atoms with E-state index >= 15 is 0 Å². The van der Waals surface area contributed by atoms with Crippen LogP contribution in [0.2, 0.25) is 0 Å². The second-order valence-electron chi connectivity index (χ2n) is 2.57. The molecule has 0 radical (unpaired) electrons. The summed E-state index contributed by atoms with van der Waals surface area (Å²) in [6.07, 6.45) is 4.84. The Morgan fingerprint density at radius 1 is 1.00 bits per heavy atom. The minimum atomic E-state index is 1.28. The molecule has 0 bridgehead atoms. The van der Waals surface area contributed by atoms with E-state index in [-0.39, 0.29) is 0 Å². The highest BCUT2D eigenvalue weighted by molar-refractivity contribution is 5.20. The van der Waals surface area contributed by atoms with Crippen molar-refractivity contribution in [2.24, 2.45) is 0 Å². The predicted octanol–water partition coefficient (Wildman–Crippen LogP) is 3.41. The Kier molecular flexibility index (Phi) is 3.46. The quantitative estimate of drug-likeness (QED) is 0.532. The summed E-state index contributed by atoms with van der Waals surface area (Å²) in [5, 5.41) is 0. The lowest BCUT2D eigenvalue weighted by Gasteiger charge is -1.69. The van der Waals surface area contributed by atoms with E-state index in [2.05, 4.69) is 13.0 Å². The van der Waals surface area contributed by atoms with Crippen molar-refractivity contribution in [3.63, 3.8) is 0 Å².